The molecule has 174 valence electrons. The van der Waals surface area contributed by atoms with E-state index in [2.05, 4.69) is 33.6 Å². The van der Waals surface area contributed by atoms with Gasteiger partial charge in [0.05, 0.1) is 12.6 Å². The van der Waals surface area contributed by atoms with Crippen LogP contribution in [0.2, 0.25) is 0 Å². The summed E-state index contributed by atoms with van der Waals surface area (Å²) in [7, 11) is 0. The van der Waals surface area contributed by atoms with Gasteiger partial charge in [-0.2, -0.15) is 12.6 Å². The molecule has 3 amide bonds. The van der Waals surface area contributed by atoms with Crippen molar-refractivity contribution < 1.29 is 24.3 Å². The van der Waals surface area contributed by atoms with E-state index in [1.54, 1.807) is 20.0 Å². The summed E-state index contributed by atoms with van der Waals surface area (Å²) in [4.78, 5) is 51.5. The predicted octanol–water partition coefficient (Wildman–Crippen LogP) is -0.206. The van der Waals surface area contributed by atoms with Crippen LogP contribution in [0, 0.1) is 5.92 Å². The minimum atomic E-state index is -1.23. The van der Waals surface area contributed by atoms with Crippen molar-refractivity contribution in [1.82, 2.24) is 20.9 Å². The number of carboxylic acid groups (broad SMARTS) is 1. The Morgan fingerprint density at radius 1 is 1.09 bits per heavy atom. The summed E-state index contributed by atoms with van der Waals surface area (Å²) in [6.07, 6.45) is 1.93. The van der Waals surface area contributed by atoms with Crippen LogP contribution in [0.15, 0.2) is 30.5 Å². The number of thiol groups is 1. The SMILES string of the molecule is CC(C)C(N)C(=O)NC(Cc1c[nH]c2ccccc12)C(=O)NCC(=O)NC(CS)C(=O)O. The maximum atomic E-state index is 12.8. The topological polar surface area (TPSA) is 166 Å². The normalized spacial score (nSPS) is 13.9. The van der Waals surface area contributed by atoms with Crippen LogP contribution in [0.25, 0.3) is 10.9 Å². The highest BCUT2D eigenvalue weighted by atomic mass is 32.1. The summed E-state index contributed by atoms with van der Waals surface area (Å²) in [5.74, 6) is -3.21. The number of carbonyl (C=O) groups is 4. The number of hydrogen-bond acceptors (Lipinski definition) is 6. The summed E-state index contributed by atoms with van der Waals surface area (Å²) in [5, 5.41) is 17.3. The third-order valence-electron chi connectivity index (χ3n) is 4.99. The first-order valence-electron chi connectivity index (χ1n) is 10.2. The van der Waals surface area contributed by atoms with Crippen LogP contribution in [0.5, 0.6) is 0 Å². The van der Waals surface area contributed by atoms with Crippen molar-refractivity contribution in [1.29, 1.82) is 0 Å². The Bertz CT molecular complexity index is 976. The third-order valence-corrected chi connectivity index (χ3v) is 5.36. The second-order valence-corrected chi connectivity index (χ2v) is 8.12. The van der Waals surface area contributed by atoms with Gasteiger partial charge in [0.15, 0.2) is 0 Å². The molecule has 0 saturated heterocycles. The summed E-state index contributed by atoms with van der Waals surface area (Å²) >= 11 is 3.88. The molecule has 0 bridgehead atoms. The fourth-order valence-corrected chi connectivity index (χ4v) is 3.27. The monoisotopic (exact) mass is 463 g/mol. The number of nitrogens with two attached hydrogens (primary N) is 1. The zero-order chi connectivity index (χ0) is 23.8. The summed E-state index contributed by atoms with van der Waals surface area (Å²) in [5.41, 5.74) is 7.61. The van der Waals surface area contributed by atoms with Gasteiger partial charge in [0.25, 0.3) is 0 Å². The fourth-order valence-electron chi connectivity index (χ4n) is 3.02. The molecule has 1 aromatic carbocycles. The second-order valence-electron chi connectivity index (χ2n) is 7.75. The number of para-hydroxylation sites is 1. The molecule has 0 aliphatic heterocycles. The Hall–Kier alpha value is -3.05. The van der Waals surface area contributed by atoms with Crippen molar-refractivity contribution >= 4 is 47.2 Å². The highest BCUT2D eigenvalue weighted by molar-refractivity contribution is 7.80. The van der Waals surface area contributed by atoms with Crippen LogP contribution in [-0.4, -0.2) is 64.2 Å². The molecular formula is C21H29N5O5S. The van der Waals surface area contributed by atoms with Crippen molar-refractivity contribution in [3.63, 3.8) is 0 Å². The molecule has 0 radical (unpaired) electrons. The van der Waals surface area contributed by atoms with Crippen LogP contribution in [-0.2, 0) is 25.6 Å². The number of carboxylic acids is 1. The first-order chi connectivity index (χ1) is 15.1. The molecule has 0 saturated carbocycles. The number of H-pyrrole nitrogens is 1. The number of benzene rings is 1. The molecule has 3 unspecified atom stereocenters. The summed E-state index contributed by atoms with van der Waals surface area (Å²) < 4.78 is 0. The van der Waals surface area contributed by atoms with E-state index in [-0.39, 0.29) is 18.1 Å². The zero-order valence-electron chi connectivity index (χ0n) is 17.9. The van der Waals surface area contributed by atoms with E-state index >= 15 is 0 Å². The van der Waals surface area contributed by atoms with E-state index in [9.17, 15) is 19.2 Å². The second kappa shape index (κ2) is 11.5. The van der Waals surface area contributed by atoms with Crippen LogP contribution in [0.4, 0.5) is 0 Å². The Balaban J connectivity index is 2.12. The average Bonchev–Trinajstić information content (AvgIpc) is 3.17. The Kier molecular flexibility index (Phi) is 9.09. The standard InChI is InChI=1S/C21H29N5O5S/c1-11(2)18(22)20(29)26-15(7-12-8-23-14-6-4-3-5-13(12)14)19(28)24-9-17(27)25-16(10-32)21(30)31/h3-6,8,11,15-16,18,23,32H,7,9-10,22H2,1-2H3,(H,24,28)(H,25,27)(H,26,29)(H,30,31). The van der Waals surface area contributed by atoms with Crippen molar-refractivity contribution in [2.24, 2.45) is 11.7 Å². The molecule has 1 heterocycles. The molecule has 11 heteroatoms. The zero-order valence-corrected chi connectivity index (χ0v) is 18.8. The van der Waals surface area contributed by atoms with E-state index in [1.165, 1.54) is 0 Å². The predicted molar refractivity (Wildman–Crippen MR) is 123 cm³/mol. The Labute approximate surface area is 191 Å². The Morgan fingerprint density at radius 2 is 1.78 bits per heavy atom. The number of aromatic nitrogens is 1. The van der Waals surface area contributed by atoms with E-state index in [4.69, 9.17) is 10.8 Å². The molecule has 10 nitrogen and oxygen atoms in total. The number of hydrogen-bond donors (Lipinski definition) is 7. The van der Waals surface area contributed by atoms with Gasteiger partial charge in [-0.25, -0.2) is 4.79 Å². The van der Waals surface area contributed by atoms with Gasteiger partial charge in [-0.05, 0) is 17.5 Å². The lowest BCUT2D eigenvalue weighted by molar-refractivity contribution is -0.141. The number of carbonyl (C=O) groups excluding carboxylic acids is 3. The van der Waals surface area contributed by atoms with Crippen LogP contribution >= 0.6 is 12.6 Å². The van der Waals surface area contributed by atoms with Crippen molar-refractivity contribution in [2.45, 2.75) is 38.4 Å². The maximum Gasteiger partial charge on any atom is 0.327 e. The van der Waals surface area contributed by atoms with Crippen molar-refractivity contribution in [2.75, 3.05) is 12.3 Å². The number of nitrogens with one attached hydrogen (secondary N) is 4. The van der Waals surface area contributed by atoms with Gasteiger partial charge in [-0.3, -0.25) is 14.4 Å². The summed E-state index contributed by atoms with van der Waals surface area (Å²) in [6.45, 7) is 3.14. The van der Waals surface area contributed by atoms with Gasteiger partial charge in [-0.1, -0.05) is 32.0 Å². The van der Waals surface area contributed by atoms with Crippen molar-refractivity contribution in [3.8, 4) is 0 Å². The molecule has 32 heavy (non-hydrogen) atoms. The average molecular weight is 464 g/mol. The number of rotatable bonds is 11. The van der Waals surface area contributed by atoms with Crippen molar-refractivity contribution in [3.05, 3.63) is 36.0 Å². The molecular weight excluding hydrogens is 434 g/mol. The number of aliphatic carboxylic acids is 1. The van der Waals surface area contributed by atoms with Gasteiger partial charge in [0, 0.05) is 29.3 Å². The van der Waals surface area contributed by atoms with E-state index in [1.807, 2.05) is 24.3 Å². The van der Waals surface area contributed by atoms with Crippen LogP contribution in [0.3, 0.4) is 0 Å². The van der Waals surface area contributed by atoms with E-state index < -0.39 is 48.4 Å². The molecule has 0 aliphatic rings. The number of fused-ring (bicyclic) bond motifs is 1. The molecule has 7 N–H and O–H groups in total. The Morgan fingerprint density at radius 3 is 2.41 bits per heavy atom. The van der Waals surface area contributed by atoms with Gasteiger partial charge in [0.1, 0.15) is 12.1 Å². The molecule has 2 aromatic rings. The maximum absolute atomic E-state index is 12.8. The lowest BCUT2D eigenvalue weighted by atomic mass is 10.0. The first-order valence-corrected chi connectivity index (χ1v) is 10.8. The largest absolute Gasteiger partial charge is 0.480 e. The molecule has 2 rings (SSSR count). The molecule has 1 aromatic heterocycles. The van der Waals surface area contributed by atoms with Gasteiger partial charge >= 0.3 is 5.97 Å². The molecule has 0 spiro atoms. The molecule has 3 atom stereocenters. The highest BCUT2D eigenvalue weighted by Gasteiger charge is 2.27. The molecule has 0 aliphatic carbocycles. The quantitative estimate of drug-likeness (QED) is 0.228. The smallest absolute Gasteiger partial charge is 0.327 e. The van der Waals surface area contributed by atoms with Crippen LogP contribution < -0.4 is 21.7 Å². The lowest BCUT2D eigenvalue weighted by Crippen LogP contribution is -2.55. The number of aromatic amines is 1. The van der Waals surface area contributed by atoms with Gasteiger partial charge in [0.2, 0.25) is 17.7 Å². The lowest BCUT2D eigenvalue weighted by Gasteiger charge is -2.22. The number of amides is 3. The minimum Gasteiger partial charge on any atom is -0.480 e. The van der Waals surface area contributed by atoms with E-state index in [0.29, 0.717) is 0 Å². The van der Waals surface area contributed by atoms with E-state index in [0.717, 1.165) is 16.5 Å². The minimum absolute atomic E-state index is 0.0959. The first kappa shape index (κ1) is 25.2. The highest BCUT2D eigenvalue weighted by Crippen LogP contribution is 2.19. The van der Waals surface area contributed by atoms with Gasteiger partial charge in [-0.15, -0.1) is 0 Å². The van der Waals surface area contributed by atoms with Crippen LogP contribution in [0.1, 0.15) is 19.4 Å². The fraction of sp³-hybridized carbons (Fsp3) is 0.429. The third kappa shape index (κ3) is 6.72. The van der Waals surface area contributed by atoms with Gasteiger partial charge < -0.3 is 31.8 Å². The summed E-state index contributed by atoms with van der Waals surface area (Å²) in [6, 6.07) is 4.58. The molecule has 0 fully saturated rings.